The average Bonchev–Trinajstić information content (AvgIpc) is 1.88. The Balaban J connectivity index is 3.64. The van der Waals surface area contributed by atoms with Gasteiger partial charge in [-0.1, -0.05) is 0 Å². The van der Waals surface area contributed by atoms with E-state index in [9.17, 15) is 4.79 Å². The molecule has 0 fully saturated rings. The van der Waals surface area contributed by atoms with Crippen molar-refractivity contribution in [3.8, 4) is 0 Å². The Labute approximate surface area is 71.3 Å². The van der Waals surface area contributed by atoms with Crippen LogP contribution in [-0.4, -0.2) is 29.1 Å². The number of carboxylic acids is 1. The van der Waals surface area contributed by atoms with Gasteiger partial charge in [0.25, 0.3) is 0 Å². The van der Waals surface area contributed by atoms with Crippen molar-refractivity contribution in [2.45, 2.75) is 13.8 Å². The summed E-state index contributed by atoms with van der Waals surface area (Å²) in [5.74, 6) is 0.706. The lowest BCUT2D eigenvalue weighted by Gasteiger charge is -2.17. The molecule has 0 spiro atoms. The minimum atomic E-state index is -0.748. The molecule has 0 aliphatic heterocycles. The van der Waals surface area contributed by atoms with Crippen LogP contribution in [0.5, 0.6) is 0 Å². The van der Waals surface area contributed by atoms with Crippen molar-refractivity contribution in [1.29, 1.82) is 0 Å². The molecule has 0 aliphatic carbocycles. The lowest BCUT2D eigenvalue weighted by Crippen LogP contribution is -2.26. The molecular weight excluding hydrogens is 162 g/mol. The Bertz CT molecular complexity index is 136. The summed E-state index contributed by atoms with van der Waals surface area (Å²) in [7, 11) is 0. The molecule has 3 N–H and O–H groups in total. The second-order valence-corrected chi connectivity index (χ2v) is 4.14. The molecular formula is C7H15NO2S. The van der Waals surface area contributed by atoms with Crippen LogP contribution in [0.25, 0.3) is 0 Å². The van der Waals surface area contributed by atoms with Crippen molar-refractivity contribution in [2.75, 3.05) is 18.1 Å². The third kappa shape index (κ3) is 4.27. The van der Waals surface area contributed by atoms with Gasteiger partial charge in [-0.05, 0) is 13.8 Å². The van der Waals surface area contributed by atoms with Gasteiger partial charge in [-0.2, -0.15) is 11.8 Å². The number of carbonyl (C=O) groups is 1. The highest BCUT2D eigenvalue weighted by atomic mass is 32.2. The minimum absolute atomic E-state index is 0.611. The van der Waals surface area contributed by atoms with Gasteiger partial charge >= 0.3 is 5.97 Å². The van der Waals surface area contributed by atoms with E-state index in [0.29, 0.717) is 12.3 Å². The van der Waals surface area contributed by atoms with Crippen molar-refractivity contribution in [3.05, 3.63) is 0 Å². The zero-order valence-corrected chi connectivity index (χ0v) is 7.78. The summed E-state index contributed by atoms with van der Waals surface area (Å²) in [6, 6.07) is 0. The van der Waals surface area contributed by atoms with Crippen LogP contribution in [0, 0.1) is 5.41 Å². The van der Waals surface area contributed by atoms with E-state index in [2.05, 4.69) is 0 Å². The van der Waals surface area contributed by atoms with Crippen LogP contribution < -0.4 is 5.73 Å². The van der Waals surface area contributed by atoms with Crippen LogP contribution >= 0.6 is 11.8 Å². The van der Waals surface area contributed by atoms with E-state index in [1.54, 1.807) is 25.6 Å². The molecule has 0 heterocycles. The fourth-order valence-corrected chi connectivity index (χ4v) is 1.42. The van der Waals surface area contributed by atoms with Gasteiger partial charge in [0.05, 0.1) is 5.41 Å². The molecule has 0 bridgehead atoms. The first-order valence-corrected chi connectivity index (χ1v) is 4.67. The third-order valence-corrected chi connectivity index (χ3v) is 2.75. The molecule has 0 rings (SSSR count). The number of nitrogens with two attached hydrogens (primary N) is 1. The van der Waals surface area contributed by atoms with Crippen molar-refractivity contribution >= 4 is 17.7 Å². The zero-order valence-electron chi connectivity index (χ0n) is 6.96. The first-order chi connectivity index (χ1) is 5.00. The van der Waals surface area contributed by atoms with Gasteiger partial charge in [0.15, 0.2) is 0 Å². The van der Waals surface area contributed by atoms with Gasteiger partial charge < -0.3 is 10.8 Å². The topological polar surface area (TPSA) is 63.3 Å². The maximum absolute atomic E-state index is 10.6. The van der Waals surface area contributed by atoms with Crippen LogP contribution in [0.3, 0.4) is 0 Å². The maximum Gasteiger partial charge on any atom is 0.309 e. The van der Waals surface area contributed by atoms with E-state index < -0.39 is 11.4 Å². The molecule has 0 radical (unpaired) electrons. The predicted octanol–water partition coefficient (Wildman–Crippen LogP) is 0.789. The lowest BCUT2D eigenvalue weighted by atomic mass is 9.97. The molecule has 0 aliphatic rings. The third-order valence-electron chi connectivity index (χ3n) is 1.30. The maximum atomic E-state index is 10.6. The predicted molar refractivity (Wildman–Crippen MR) is 47.8 cm³/mol. The molecule has 0 saturated carbocycles. The van der Waals surface area contributed by atoms with Crippen LogP contribution in [-0.2, 0) is 4.79 Å². The number of aliphatic carboxylic acids is 1. The van der Waals surface area contributed by atoms with Crippen molar-refractivity contribution in [2.24, 2.45) is 11.1 Å². The number of hydrogen-bond acceptors (Lipinski definition) is 3. The van der Waals surface area contributed by atoms with E-state index in [-0.39, 0.29) is 0 Å². The van der Waals surface area contributed by atoms with E-state index >= 15 is 0 Å². The highest BCUT2D eigenvalue weighted by Crippen LogP contribution is 2.21. The van der Waals surface area contributed by atoms with Gasteiger partial charge in [0, 0.05) is 18.1 Å². The SMILES string of the molecule is CC(C)(CSCCN)C(=O)O. The number of rotatable bonds is 5. The molecule has 0 aromatic heterocycles. The molecule has 11 heavy (non-hydrogen) atoms. The van der Waals surface area contributed by atoms with Gasteiger partial charge in [-0.25, -0.2) is 0 Å². The summed E-state index contributed by atoms with van der Waals surface area (Å²) in [4.78, 5) is 10.6. The Morgan fingerprint density at radius 1 is 1.64 bits per heavy atom. The molecule has 3 nitrogen and oxygen atoms in total. The standard InChI is InChI=1S/C7H15NO2S/c1-7(2,6(9)10)5-11-4-3-8/h3-5,8H2,1-2H3,(H,9,10). The summed E-state index contributed by atoms with van der Waals surface area (Å²) in [6.45, 7) is 4.05. The first kappa shape index (κ1) is 10.8. The van der Waals surface area contributed by atoms with E-state index in [4.69, 9.17) is 10.8 Å². The molecule has 4 heteroatoms. The van der Waals surface area contributed by atoms with Gasteiger partial charge in [0.1, 0.15) is 0 Å². The van der Waals surface area contributed by atoms with Gasteiger partial charge in [-0.15, -0.1) is 0 Å². The summed E-state index contributed by atoms with van der Waals surface area (Å²) >= 11 is 1.58. The van der Waals surface area contributed by atoms with Gasteiger partial charge in [-0.3, -0.25) is 4.79 Å². The van der Waals surface area contributed by atoms with Gasteiger partial charge in [0.2, 0.25) is 0 Å². The second-order valence-electron chi connectivity index (χ2n) is 3.03. The Morgan fingerprint density at radius 2 is 2.18 bits per heavy atom. The molecule has 0 saturated heterocycles. The average molecular weight is 177 g/mol. The summed E-state index contributed by atoms with van der Waals surface area (Å²) < 4.78 is 0. The van der Waals surface area contributed by atoms with E-state index in [1.807, 2.05) is 0 Å². The van der Waals surface area contributed by atoms with Crippen molar-refractivity contribution < 1.29 is 9.90 Å². The minimum Gasteiger partial charge on any atom is -0.481 e. The Morgan fingerprint density at radius 3 is 2.55 bits per heavy atom. The highest BCUT2D eigenvalue weighted by Gasteiger charge is 2.26. The van der Waals surface area contributed by atoms with E-state index in [1.165, 1.54) is 0 Å². The normalized spacial score (nSPS) is 11.5. The second kappa shape index (κ2) is 4.62. The zero-order chi connectivity index (χ0) is 8.91. The van der Waals surface area contributed by atoms with E-state index in [0.717, 1.165) is 5.75 Å². The van der Waals surface area contributed by atoms with Crippen LogP contribution in [0.4, 0.5) is 0 Å². The smallest absolute Gasteiger partial charge is 0.309 e. The van der Waals surface area contributed by atoms with Crippen molar-refractivity contribution in [1.82, 2.24) is 0 Å². The summed E-state index contributed by atoms with van der Waals surface area (Å²) in [5.41, 5.74) is 4.64. The Hall–Kier alpha value is -0.220. The quantitative estimate of drug-likeness (QED) is 0.609. The number of carboxylic acid groups (broad SMARTS) is 1. The molecule has 66 valence electrons. The first-order valence-electron chi connectivity index (χ1n) is 3.52. The lowest BCUT2D eigenvalue weighted by molar-refractivity contribution is -0.145. The Kier molecular flexibility index (Phi) is 4.52. The fraction of sp³-hybridized carbons (Fsp3) is 0.857. The monoisotopic (exact) mass is 177 g/mol. The van der Waals surface area contributed by atoms with Crippen LogP contribution in [0.1, 0.15) is 13.8 Å². The van der Waals surface area contributed by atoms with Crippen LogP contribution in [0.2, 0.25) is 0 Å². The number of thioether (sulfide) groups is 1. The molecule has 0 aromatic rings. The van der Waals surface area contributed by atoms with Crippen molar-refractivity contribution in [3.63, 3.8) is 0 Å². The number of hydrogen-bond donors (Lipinski definition) is 2. The molecule has 0 aromatic carbocycles. The fourth-order valence-electron chi connectivity index (χ4n) is 0.472. The molecule has 0 unspecified atom stereocenters. The highest BCUT2D eigenvalue weighted by molar-refractivity contribution is 7.99. The summed E-state index contributed by atoms with van der Waals surface area (Å²) in [6.07, 6.45) is 0. The van der Waals surface area contributed by atoms with Crippen LogP contribution in [0.15, 0.2) is 0 Å². The largest absolute Gasteiger partial charge is 0.481 e. The molecule has 0 atom stereocenters. The molecule has 0 amide bonds. The summed E-state index contributed by atoms with van der Waals surface area (Å²) in [5, 5.41) is 8.70.